The van der Waals surface area contributed by atoms with E-state index in [4.69, 9.17) is 28.4 Å². The number of nitrogens with zero attached hydrogens (tertiary/aromatic N) is 1. The van der Waals surface area contributed by atoms with Gasteiger partial charge in [0.15, 0.2) is 0 Å². The van der Waals surface area contributed by atoms with Gasteiger partial charge in [-0.1, -0.05) is 24.3 Å². The van der Waals surface area contributed by atoms with E-state index < -0.39 is 42.2 Å². The Kier molecular flexibility index (Phi) is 16.1. The van der Waals surface area contributed by atoms with E-state index in [0.29, 0.717) is 77.0 Å². The number of aliphatic carboxylic acids is 1. The second-order valence-electron chi connectivity index (χ2n) is 12.3. The summed E-state index contributed by atoms with van der Waals surface area (Å²) in [6.07, 6.45) is 1.44. The van der Waals surface area contributed by atoms with Gasteiger partial charge < -0.3 is 48.9 Å². The standard InChI is InChI=1S/C30H28F2N2O6.C11H17BO5/c1-4-40-16-17-13-24(38-2)26(25(14-17)39-3)20-11-10-18(19-7-6-12-33-28(19)20)15-23(30(36)37)34-29(35)27-21(31)8-5-9-22(27)32;1-4-17-7-8-5-9(15-2)11(12(13)14)10(6-8)16-3/h5-14,23H,4,15-16H2,1-3H3,(H,34,35)(H,36,37);5-6,13-14H,4,7H2,1-3H3/t23-;/m0./s1. The van der Waals surface area contributed by atoms with Crippen LogP contribution in [-0.2, 0) is 33.9 Å². The molecule has 1 amide bonds. The second-order valence-corrected chi connectivity index (χ2v) is 12.3. The Hall–Kier alpha value is -5.81. The Labute approximate surface area is 329 Å². The van der Waals surface area contributed by atoms with Crippen LogP contribution >= 0.6 is 0 Å². The maximum Gasteiger partial charge on any atom is 0.496 e. The highest BCUT2D eigenvalue weighted by Gasteiger charge is 2.27. The van der Waals surface area contributed by atoms with E-state index in [9.17, 15) is 33.5 Å². The summed E-state index contributed by atoms with van der Waals surface area (Å²) < 4.78 is 60.7. The van der Waals surface area contributed by atoms with Gasteiger partial charge >= 0.3 is 13.1 Å². The number of fused-ring (bicyclic) bond motifs is 1. The van der Waals surface area contributed by atoms with Gasteiger partial charge in [-0.15, -0.1) is 0 Å². The van der Waals surface area contributed by atoms with E-state index in [1.165, 1.54) is 14.2 Å². The minimum atomic E-state index is -1.64. The minimum absolute atomic E-state index is 0.165. The van der Waals surface area contributed by atoms with Crippen molar-refractivity contribution in [2.45, 2.75) is 39.5 Å². The van der Waals surface area contributed by atoms with Crippen LogP contribution in [0.3, 0.4) is 0 Å². The first-order valence-corrected chi connectivity index (χ1v) is 17.8. The van der Waals surface area contributed by atoms with Crippen LogP contribution in [-0.4, -0.2) is 86.8 Å². The number of rotatable bonds is 17. The molecule has 1 heterocycles. The van der Waals surface area contributed by atoms with Crippen molar-refractivity contribution < 1.29 is 61.9 Å². The summed E-state index contributed by atoms with van der Waals surface area (Å²) in [6.45, 7) is 5.76. The predicted octanol–water partition coefficient (Wildman–Crippen LogP) is 5.08. The van der Waals surface area contributed by atoms with Gasteiger partial charge in [0.25, 0.3) is 5.91 Å². The van der Waals surface area contributed by atoms with E-state index >= 15 is 0 Å². The molecule has 0 aliphatic heterocycles. The highest BCUT2D eigenvalue weighted by molar-refractivity contribution is 6.61. The third-order valence-electron chi connectivity index (χ3n) is 8.72. The number of carbonyl (C=O) groups excluding carboxylic acids is 1. The molecule has 0 saturated heterocycles. The zero-order valence-corrected chi connectivity index (χ0v) is 32.4. The molecule has 0 unspecified atom stereocenters. The van der Waals surface area contributed by atoms with Gasteiger partial charge in [-0.2, -0.15) is 0 Å². The summed E-state index contributed by atoms with van der Waals surface area (Å²) in [6, 6.07) is 15.6. The van der Waals surface area contributed by atoms with Crippen molar-refractivity contribution in [2.24, 2.45) is 0 Å². The SMILES string of the molecule is CCOCc1cc(OC)c(-c2ccc(C[C@H](NC(=O)c3c(F)cccc3F)C(=O)O)c3cccnc23)c(OC)c1.CCOCc1cc(OC)c(B(O)O)c(OC)c1. The fourth-order valence-corrected chi connectivity index (χ4v) is 6.06. The summed E-state index contributed by atoms with van der Waals surface area (Å²) in [5.41, 5.74) is 3.52. The molecule has 1 aromatic heterocycles. The van der Waals surface area contributed by atoms with Crippen LogP contribution in [0.15, 0.2) is 72.9 Å². The summed E-state index contributed by atoms with van der Waals surface area (Å²) in [7, 11) is 4.38. The second kappa shape index (κ2) is 20.9. The fraction of sp³-hybridized carbons (Fsp3) is 0.293. The lowest BCUT2D eigenvalue weighted by molar-refractivity contribution is -0.139. The van der Waals surface area contributed by atoms with Gasteiger partial charge in [-0.25, -0.2) is 13.6 Å². The van der Waals surface area contributed by atoms with Crippen molar-refractivity contribution in [2.75, 3.05) is 41.7 Å². The maximum absolute atomic E-state index is 14.1. The van der Waals surface area contributed by atoms with E-state index in [0.717, 1.165) is 29.3 Å². The summed E-state index contributed by atoms with van der Waals surface area (Å²) in [5, 5.41) is 31.3. The van der Waals surface area contributed by atoms with Crippen LogP contribution in [0.4, 0.5) is 8.78 Å². The van der Waals surface area contributed by atoms with Crippen molar-refractivity contribution in [3.63, 3.8) is 0 Å². The quantitative estimate of drug-likeness (QED) is 0.0922. The largest absolute Gasteiger partial charge is 0.497 e. The Morgan fingerprint density at radius 1 is 0.772 bits per heavy atom. The average molecular weight is 791 g/mol. The fourth-order valence-electron chi connectivity index (χ4n) is 6.06. The van der Waals surface area contributed by atoms with Gasteiger partial charge in [0.1, 0.15) is 46.2 Å². The third kappa shape index (κ3) is 10.7. The van der Waals surface area contributed by atoms with E-state index in [1.807, 2.05) is 26.0 Å². The number of halogens is 2. The van der Waals surface area contributed by atoms with Crippen LogP contribution in [0.1, 0.15) is 40.9 Å². The Morgan fingerprint density at radius 3 is 1.77 bits per heavy atom. The Balaban J connectivity index is 0.000000355. The van der Waals surface area contributed by atoms with Crippen molar-refractivity contribution in [1.29, 1.82) is 0 Å². The molecule has 0 aliphatic carbocycles. The van der Waals surface area contributed by atoms with Gasteiger partial charge in [0, 0.05) is 36.8 Å². The zero-order chi connectivity index (χ0) is 41.6. The number of nitrogens with one attached hydrogen (secondary N) is 1. The first kappa shape index (κ1) is 43.9. The number of methoxy groups -OCH3 is 4. The first-order valence-electron chi connectivity index (χ1n) is 17.8. The lowest BCUT2D eigenvalue weighted by atomic mass is 9.78. The van der Waals surface area contributed by atoms with Gasteiger partial charge in [-0.05, 0) is 73.0 Å². The molecular formula is C41H45BF2N2O11. The molecule has 4 N–H and O–H groups in total. The van der Waals surface area contributed by atoms with E-state index in [-0.39, 0.29) is 11.9 Å². The zero-order valence-electron chi connectivity index (χ0n) is 32.4. The van der Waals surface area contributed by atoms with Crippen molar-refractivity contribution >= 4 is 35.4 Å². The van der Waals surface area contributed by atoms with Gasteiger partial charge in [0.2, 0.25) is 0 Å². The molecule has 16 heteroatoms. The van der Waals surface area contributed by atoms with Gasteiger partial charge in [0.05, 0.1) is 58.2 Å². The van der Waals surface area contributed by atoms with E-state index in [1.54, 1.807) is 56.8 Å². The summed E-state index contributed by atoms with van der Waals surface area (Å²) >= 11 is 0. The maximum atomic E-state index is 14.1. The molecule has 0 spiro atoms. The Morgan fingerprint density at radius 2 is 1.30 bits per heavy atom. The lowest BCUT2D eigenvalue weighted by Crippen LogP contribution is -2.43. The molecule has 1 atom stereocenters. The third-order valence-corrected chi connectivity index (χ3v) is 8.72. The van der Waals surface area contributed by atoms with Crippen molar-refractivity contribution in [1.82, 2.24) is 10.3 Å². The molecule has 0 aliphatic rings. The monoisotopic (exact) mass is 790 g/mol. The summed E-state index contributed by atoms with van der Waals surface area (Å²) in [5.74, 6) is -2.88. The van der Waals surface area contributed by atoms with Crippen LogP contribution < -0.4 is 29.7 Å². The molecule has 4 aromatic carbocycles. The van der Waals surface area contributed by atoms with Crippen LogP contribution in [0, 0.1) is 11.6 Å². The molecule has 0 bridgehead atoms. The number of aromatic nitrogens is 1. The molecule has 5 aromatic rings. The van der Waals surface area contributed by atoms with Crippen LogP contribution in [0.5, 0.6) is 23.0 Å². The number of hydrogen-bond donors (Lipinski definition) is 4. The number of hydrogen-bond acceptors (Lipinski definition) is 11. The number of carbonyl (C=O) groups is 2. The Bertz CT molecular complexity index is 2100. The van der Waals surface area contributed by atoms with Crippen molar-refractivity contribution in [3.05, 3.63) is 107 Å². The summed E-state index contributed by atoms with van der Waals surface area (Å²) in [4.78, 5) is 29.3. The number of carboxylic acids is 1. The van der Waals surface area contributed by atoms with Gasteiger partial charge in [-0.3, -0.25) is 9.78 Å². The first-order chi connectivity index (χ1) is 27.4. The van der Waals surface area contributed by atoms with Crippen molar-refractivity contribution in [3.8, 4) is 34.1 Å². The topological polar surface area (TPSA) is 175 Å². The number of benzene rings is 4. The van der Waals surface area contributed by atoms with E-state index in [2.05, 4.69) is 10.3 Å². The molecule has 0 radical (unpaired) electrons. The lowest BCUT2D eigenvalue weighted by Gasteiger charge is -2.19. The molecular weight excluding hydrogens is 745 g/mol. The molecule has 57 heavy (non-hydrogen) atoms. The number of amides is 1. The number of pyridine rings is 1. The van der Waals surface area contributed by atoms with Crippen LogP contribution in [0.2, 0.25) is 0 Å². The molecule has 0 fully saturated rings. The highest BCUT2D eigenvalue weighted by Crippen LogP contribution is 2.43. The normalized spacial score (nSPS) is 11.3. The predicted molar refractivity (Wildman–Crippen MR) is 209 cm³/mol. The molecule has 0 saturated carbocycles. The smallest absolute Gasteiger partial charge is 0.496 e. The molecule has 5 rings (SSSR count). The number of carboxylic acid groups (broad SMARTS) is 1. The number of ether oxygens (including phenoxy) is 6. The molecule has 302 valence electrons. The van der Waals surface area contributed by atoms with Crippen LogP contribution in [0.25, 0.3) is 22.0 Å². The molecule has 13 nitrogen and oxygen atoms in total. The average Bonchev–Trinajstić information content (AvgIpc) is 3.21. The highest BCUT2D eigenvalue weighted by atomic mass is 19.1. The minimum Gasteiger partial charge on any atom is -0.497 e.